The molecule has 0 aromatic heterocycles. The maximum absolute atomic E-state index is 11.6. The summed E-state index contributed by atoms with van der Waals surface area (Å²) >= 11 is 0. The lowest BCUT2D eigenvalue weighted by atomic mass is 9.94. The molecule has 0 saturated carbocycles. The number of nitrogens with zero attached hydrogens (tertiary/aromatic N) is 1. The van der Waals surface area contributed by atoms with Gasteiger partial charge in [0, 0.05) is 18.0 Å². The van der Waals surface area contributed by atoms with E-state index in [1.165, 1.54) is 0 Å². The van der Waals surface area contributed by atoms with Gasteiger partial charge in [0.05, 0.1) is 12.3 Å². The van der Waals surface area contributed by atoms with Crippen LogP contribution in [0.1, 0.15) is 38.7 Å². The fourth-order valence-electron chi connectivity index (χ4n) is 2.19. The molecule has 2 rings (SSSR count). The van der Waals surface area contributed by atoms with E-state index in [0.717, 1.165) is 24.1 Å². The zero-order chi connectivity index (χ0) is 15.9. The molecule has 6 nitrogen and oxygen atoms in total. The van der Waals surface area contributed by atoms with Crippen LogP contribution in [0, 0.1) is 5.92 Å². The number of hydrogen-bond donors (Lipinski definition) is 2. The number of carbonyl (C=O) groups is 2. The van der Waals surface area contributed by atoms with E-state index in [-0.39, 0.29) is 11.8 Å². The number of hydrogen-bond acceptors (Lipinski definition) is 4. The molecule has 22 heavy (non-hydrogen) atoms. The van der Waals surface area contributed by atoms with E-state index >= 15 is 0 Å². The summed E-state index contributed by atoms with van der Waals surface area (Å²) < 4.78 is 5.04. The predicted molar refractivity (Wildman–Crippen MR) is 84.8 cm³/mol. The quantitative estimate of drug-likeness (QED) is 0.821. The number of nitrogens with one attached hydrogen (secondary N) is 2. The topological polar surface area (TPSA) is 79.8 Å². The highest BCUT2D eigenvalue weighted by molar-refractivity contribution is 6.06. The molecule has 0 aliphatic carbocycles. The molecule has 1 aliphatic rings. The number of anilines is 1. The van der Waals surface area contributed by atoms with E-state index in [1.54, 1.807) is 12.1 Å². The smallest absolute Gasteiger partial charge is 0.411 e. The van der Waals surface area contributed by atoms with E-state index in [2.05, 4.69) is 15.8 Å². The van der Waals surface area contributed by atoms with Gasteiger partial charge in [0.25, 0.3) is 0 Å². The van der Waals surface area contributed by atoms with E-state index in [9.17, 15) is 9.59 Å². The van der Waals surface area contributed by atoms with Crippen molar-refractivity contribution in [3.63, 3.8) is 0 Å². The average Bonchev–Trinajstić information content (AvgIpc) is 2.49. The molecule has 6 heteroatoms. The van der Waals surface area contributed by atoms with Crippen LogP contribution < -0.4 is 10.7 Å². The minimum Gasteiger partial charge on any atom is -0.449 e. The Hall–Kier alpha value is -2.37. The SMILES string of the molecule is CCCCOC(=O)Nc1ccc(C2=NNC(=O)CC2C)cc1. The highest BCUT2D eigenvalue weighted by Crippen LogP contribution is 2.18. The molecule has 1 aliphatic heterocycles. The summed E-state index contributed by atoms with van der Waals surface area (Å²) in [7, 11) is 0. The molecule has 1 aromatic carbocycles. The van der Waals surface area contributed by atoms with E-state index in [1.807, 2.05) is 26.0 Å². The van der Waals surface area contributed by atoms with Gasteiger partial charge in [-0.15, -0.1) is 0 Å². The molecule has 2 amide bonds. The minimum atomic E-state index is -0.447. The summed E-state index contributed by atoms with van der Waals surface area (Å²) in [5.41, 5.74) is 4.93. The second-order valence-electron chi connectivity index (χ2n) is 5.33. The van der Waals surface area contributed by atoms with E-state index in [0.29, 0.717) is 18.7 Å². The van der Waals surface area contributed by atoms with Crippen LogP contribution in [0.4, 0.5) is 10.5 Å². The van der Waals surface area contributed by atoms with Crippen molar-refractivity contribution >= 4 is 23.4 Å². The van der Waals surface area contributed by atoms with Crippen molar-refractivity contribution in [2.75, 3.05) is 11.9 Å². The van der Waals surface area contributed by atoms with Crippen molar-refractivity contribution in [1.29, 1.82) is 0 Å². The van der Waals surface area contributed by atoms with Gasteiger partial charge < -0.3 is 4.74 Å². The van der Waals surface area contributed by atoms with E-state index < -0.39 is 6.09 Å². The van der Waals surface area contributed by atoms with Crippen LogP contribution in [0.3, 0.4) is 0 Å². The summed E-state index contributed by atoms with van der Waals surface area (Å²) in [4.78, 5) is 22.8. The Morgan fingerprint density at radius 1 is 1.41 bits per heavy atom. The van der Waals surface area contributed by atoms with Crippen molar-refractivity contribution in [1.82, 2.24) is 5.43 Å². The molecule has 1 heterocycles. The molecule has 2 N–H and O–H groups in total. The van der Waals surface area contributed by atoms with Crippen molar-refractivity contribution in [2.24, 2.45) is 11.0 Å². The first-order valence-electron chi connectivity index (χ1n) is 7.50. The fraction of sp³-hybridized carbons (Fsp3) is 0.438. The first-order chi connectivity index (χ1) is 10.6. The monoisotopic (exact) mass is 303 g/mol. The maximum atomic E-state index is 11.6. The Morgan fingerprint density at radius 3 is 2.77 bits per heavy atom. The number of ether oxygens (including phenoxy) is 1. The first kappa shape index (κ1) is 16.0. The molecule has 0 radical (unpaired) electrons. The van der Waals surface area contributed by atoms with Crippen LogP contribution in [-0.2, 0) is 9.53 Å². The third-order valence-electron chi connectivity index (χ3n) is 3.42. The van der Waals surface area contributed by atoms with Gasteiger partial charge in [-0.05, 0) is 24.1 Å². The zero-order valence-electron chi connectivity index (χ0n) is 12.9. The molecule has 0 spiro atoms. The number of hydrazone groups is 1. The Balaban J connectivity index is 1.96. The number of carbonyl (C=O) groups excluding carboxylic acids is 2. The van der Waals surface area contributed by atoms with Crippen molar-refractivity contribution in [2.45, 2.75) is 33.1 Å². The van der Waals surface area contributed by atoms with E-state index in [4.69, 9.17) is 4.74 Å². The van der Waals surface area contributed by atoms with Crippen molar-refractivity contribution in [3.05, 3.63) is 29.8 Å². The van der Waals surface area contributed by atoms with Crippen molar-refractivity contribution in [3.8, 4) is 0 Å². The van der Waals surface area contributed by atoms with Crippen LogP contribution in [0.5, 0.6) is 0 Å². The van der Waals surface area contributed by atoms with Gasteiger partial charge in [-0.2, -0.15) is 5.10 Å². The Morgan fingerprint density at radius 2 is 2.14 bits per heavy atom. The molecule has 1 aromatic rings. The normalized spacial score (nSPS) is 17.5. The average molecular weight is 303 g/mol. The largest absolute Gasteiger partial charge is 0.449 e. The summed E-state index contributed by atoms with van der Waals surface area (Å²) in [5.74, 6) is 0.0101. The highest BCUT2D eigenvalue weighted by atomic mass is 16.5. The van der Waals surface area contributed by atoms with Crippen LogP contribution in [-0.4, -0.2) is 24.3 Å². The number of amides is 2. The van der Waals surface area contributed by atoms with Crippen LogP contribution in [0.25, 0.3) is 0 Å². The molecular weight excluding hydrogens is 282 g/mol. The third-order valence-corrected chi connectivity index (χ3v) is 3.42. The van der Waals surface area contributed by atoms with Crippen molar-refractivity contribution < 1.29 is 14.3 Å². The molecule has 1 atom stereocenters. The third kappa shape index (κ3) is 4.31. The van der Waals surface area contributed by atoms with Crippen LogP contribution in [0.2, 0.25) is 0 Å². The predicted octanol–water partition coefficient (Wildman–Crippen LogP) is 2.90. The van der Waals surface area contributed by atoms with Crippen LogP contribution >= 0.6 is 0 Å². The highest BCUT2D eigenvalue weighted by Gasteiger charge is 2.21. The lowest BCUT2D eigenvalue weighted by Gasteiger charge is -2.19. The molecule has 118 valence electrons. The molecular formula is C16H21N3O3. The Kier molecular flexibility index (Phi) is 5.52. The van der Waals surface area contributed by atoms with Crippen LogP contribution in [0.15, 0.2) is 29.4 Å². The molecule has 0 saturated heterocycles. The summed E-state index contributed by atoms with van der Waals surface area (Å²) in [6, 6.07) is 7.33. The lowest BCUT2D eigenvalue weighted by molar-refractivity contribution is -0.121. The maximum Gasteiger partial charge on any atom is 0.411 e. The standard InChI is InChI=1S/C16H21N3O3/c1-3-4-9-22-16(21)17-13-7-5-12(6-8-13)15-11(2)10-14(20)18-19-15/h5-8,11H,3-4,9-10H2,1-2H3,(H,17,21)(H,18,20). The first-order valence-corrected chi connectivity index (χ1v) is 7.50. The van der Waals surface area contributed by atoms with Gasteiger partial charge in [-0.1, -0.05) is 32.4 Å². The summed E-state index contributed by atoms with van der Waals surface area (Å²) in [6.07, 6.45) is 1.83. The fourth-order valence-corrected chi connectivity index (χ4v) is 2.19. The minimum absolute atomic E-state index is 0.0654. The number of rotatable bonds is 5. The molecule has 1 unspecified atom stereocenters. The Labute approximate surface area is 129 Å². The Bertz CT molecular complexity index is 567. The number of benzene rings is 1. The second kappa shape index (κ2) is 7.59. The summed E-state index contributed by atoms with van der Waals surface area (Å²) in [5, 5.41) is 6.79. The van der Waals surface area contributed by atoms with Gasteiger partial charge in [0.15, 0.2) is 0 Å². The molecule has 0 fully saturated rings. The van der Waals surface area contributed by atoms with Gasteiger partial charge in [0.2, 0.25) is 5.91 Å². The lowest BCUT2D eigenvalue weighted by Crippen LogP contribution is -2.31. The zero-order valence-corrected chi connectivity index (χ0v) is 12.9. The van der Waals surface area contributed by atoms with Gasteiger partial charge in [-0.25, -0.2) is 10.2 Å². The van der Waals surface area contributed by atoms with Gasteiger partial charge >= 0.3 is 6.09 Å². The molecule has 0 bridgehead atoms. The number of unbranched alkanes of at least 4 members (excludes halogenated alkanes) is 1. The summed E-state index contributed by atoms with van der Waals surface area (Å²) in [6.45, 7) is 4.43. The second-order valence-corrected chi connectivity index (χ2v) is 5.33. The van der Waals surface area contributed by atoms with Gasteiger partial charge in [-0.3, -0.25) is 10.1 Å². The van der Waals surface area contributed by atoms with Gasteiger partial charge in [0.1, 0.15) is 0 Å².